The van der Waals surface area contributed by atoms with Crippen molar-refractivity contribution >= 4 is 5.97 Å². The third-order valence-corrected chi connectivity index (χ3v) is 1.78. The van der Waals surface area contributed by atoms with Crippen LogP contribution in [0.25, 0.3) is 0 Å². The number of cyclic esters (lactones) is 1. The smallest absolute Gasteiger partial charge is 0.305 e. The highest BCUT2D eigenvalue weighted by molar-refractivity contribution is 5.69. The van der Waals surface area contributed by atoms with Crippen molar-refractivity contribution in [2.45, 2.75) is 25.7 Å². The molecule has 0 saturated carbocycles. The Hall–Kier alpha value is -0.570. The zero-order chi connectivity index (χ0) is 7.94. The van der Waals surface area contributed by atoms with E-state index in [9.17, 15) is 4.79 Å². The maximum Gasteiger partial charge on any atom is 0.305 e. The van der Waals surface area contributed by atoms with Gasteiger partial charge in [0.1, 0.15) is 6.61 Å². The Morgan fingerprint density at radius 2 is 2.09 bits per heavy atom. The molecule has 3 heteroatoms. The summed E-state index contributed by atoms with van der Waals surface area (Å²) >= 11 is 0. The summed E-state index contributed by atoms with van der Waals surface area (Å²) in [6.07, 6.45) is 3.87. The zero-order valence-electron chi connectivity index (χ0n) is 6.77. The van der Waals surface area contributed by atoms with E-state index in [1.54, 1.807) is 0 Å². The highest BCUT2D eigenvalue weighted by atomic mass is 16.5. The van der Waals surface area contributed by atoms with Crippen molar-refractivity contribution in [1.82, 2.24) is 5.32 Å². The molecule has 1 aliphatic rings. The van der Waals surface area contributed by atoms with E-state index in [0.717, 1.165) is 25.9 Å². The van der Waals surface area contributed by atoms with E-state index in [2.05, 4.69) is 5.32 Å². The quantitative estimate of drug-likeness (QED) is 0.526. The normalized spacial score (nSPS) is 22.4. The first-order valence-corrected chi connectivity index (χ1v) is 4.26. The van der Waals surface area contributed by atoms with Crippen LogP contribution in [0.3, 0.4) is 0 Å². The maximum atomic E-state index is 10.9. The summed E-state index contributed by atoms with van der Waals surface area (Å²) in [6, 6.07) is 0. The highest BCUT2D eigenvalue weighted by Crippen LogP contribution is 2.01. The summed E-state index contributed by atoms with van der Waals surface area (Å²) in [4.78, 5) is 10.9. The second-order valence-electron chi connectivity index (χ2n) is 2.78. The SMILES string of the molecule is O=C1CCCCCNCCO1. The molecule has 64 valence electrons. The van der Waals surface area contributed by atoms with Crippen molar-refractivity contribution in [2.75, 3.05) is 19.7 Å². The van der Waals surface area contributed by atoms with Crippen LogP contribution >= 0.6 is 0 Å². The van der Waals surface area contributed by atoms with Crippen molar-refractivity contribution in [1.29, 1.82) is 0 Å². The first-order chi connectivity index (χ1) is 5.39. The summed E-state index contributed by atoms with van der Waals surface area (Å²) in [5.74, 6) is -0.0475. The molecule has 0 amide bonds. The largest absolute Gasteiger partial charge is 0.464 e. The number of ether oxygens (including phenoxy) is 1. The molecule has 1 N–H and O–H groups in total. The van der Waals surface area contributed by atoms with E-state index >= 15 is 0 Å². The van der Waals surface area contributed by atoms with Crippen molar-refractivity contribution in [3.8, 4) is 0 Å². The fourth-order valence-corrected chi connectivity index (χ4v) is 1.13. The molecule has 1 saturated heterocycles. The Balaban J connectivity index is 2.17. The Kier molecular flexibility index (Phi) is 3.98. The molecule has 0 aromatic rings. The number of hydrogen-bond donors (Lipinski definition) is 1. The fourth-order valence-electron chi connectivity index (χ4n) is 1.13. The molecule has 0 radical (unpaired) electrons. The Morgan fingerprint density at radius 1 is 1.18 bits per heavy atom. The van der Waals surface area contributed by atoms with Gasteiger partial charge in [0.2, 0.25) is 0 Å². The van der Waals surface area contributed by atoms with Gasteiger partial charge in [0, 0.05) is 13.0 Å². The summed E-state index contributed by atoms with van der Waals surface area (Å²) < 4.78 is 4.92. The van der Waals surface area contributed by atoms with Gasteiger partial charge in [0.15, 0.2) is 0 Å². The molecule has 0 aromatic heterocycles. The van der Waals surface area contributed by atoms with Crippen LogP contribution in [0.15, 0.2) is 0 Å². The molecular weight excluding hydrogens is 142 g/mol. The molecule has 1 rings (SSSR count). The maximum absolute atomic E-state index is 10.9. The summed E-state index contributed by atoms with van der Waals surface area (Å²) in [6.45, 7) is 2.38. The monoisotopic (exact) mass is 157 g/mol. The van der Waals surface area contributed by atoms with E-state index in [1.165, 1.54) is 6.42 Å². The van der Waals surface area contributed by atoms with Gasteiger partial charge in [-0.1, -0.05) is 6.42 Å². The fraction of sp³-hybridized carbons (Fsp3) is 0.875. The molecule has 1 heterocycles. The van der Waals surface area contributed by atoms with Crippen LogP contribution in [0.5, 0.6) is 0 Å². The number of esters is 1. The van der Waals surface area contributed by atoms with Gasteiger partial charge < -0.3 is 10.1 Å². The van der Waals surface area contributed by atoms with Crippen LogP contribution < -0.4 is 5.32 Å². The topological polar surface area (TPSA) is 38.3 Å². The van der Waals surface area contributed by atoms with Crippen molar-refractivity contribution < 1.29 is 9.53 Å². The van der Waals surface area contributed by atoms with Gasteiger partial charge >= 0.3 is 5.97 Å². The van der Waals surface area contributed by atoms with Crippen molar-refractivity contribution in [3.05, 3.63) is 0 Å². The van der Waals surface area contributed by atoms with Crippen LogP contribution in [0.2, 0.25) is 0 Å². The number of rotatable bonds is 0. The third kappa shape index (κ3) is 3.98. The standard InChI is InChI=1S/C8H15NO2/c10-8-4-2-1-3-5-9-6-7-11-8/h9H,1-7H2. The number of nitrogens with one attached hydrogen (secondary N) is 1. The van der Waals surface area contributed by atoms with Crippen molar-refractivity contribution in [2.24, 2.45) is 0 Å². The highest BCUT2D eigenvalue weighted by Gasteiger charge is 2.03. The van der Waals surface area contributed by atoms with E-state index in [4.69, 9.17) is 4.74 Å². The van der Waals surface area contributed by atoms with E-state index in [1.807, 2.05) is 0 Å². The molecule has 1 aliphatic heterocycles. The number of hydrogen-bond acceptors (Lipinski definition) is 3. The minimum atomic E-state index is -0.0475. The average Bonchev–Trinajstić information content (AvgIpc) is 2.03. The molecule has 11 heavy (non-hydrogen) atoms. The third-order valence-electron chi connectivity index (χ3n) is 1.78. The number of carbonyl (C=O) groups excluding carboxylic acids is 1. The lowest BCUT2D eigenvalue weighted by Crippen LogP contribution is -2.23. The molecule has 0 aliphatic carbocycles. The van der Waals surface area contributed by atoms with Gasteiger partial charge in [-0.05, 0) is 19.4 Å². The molecule has 0 aromatic carbocycles. The molecule has 0 atom stereocenters. The van der Waals surface area contributed by atoms with Gasteiger partial charge in [-0.2, -0.15) is 0 Å². The number of carbonyl (C=O) groups is 1. The first-order valence-electron chi connectivity index (χ1n) is 4.26. The minimum absolute atomic E-state index is 0.0475. The lowest BCUT2D eigenvalue weighted by atomic mass is 10.2. The Labute approximate surface area is 67.1 Å². The van der Waals surface area contributed by atoms with Gasteiger partial charge in [-0.15, -0.1) is 0 Å². The summed E-state index contributed by atoms with van der Waals surface area (Å²) in [5.41, 5.74) is 0. The molecule has 3 nitrogen and oxygen atoms in total. The lowest BCUT2D eigenvalue weighted by molar-refractivity contribution is -0.143. The van der Waals surface area contributed by atoms with E-state index in [-0.39, 0.29) is 5.97 Å². The van der Waals surface area contributed by atoms with Crippen LogP contribution in [0, 0.1) is 0 Å². The van der Waals surface area contributed by atoms with Gasteiger partial charge in [-0.3, -0.25) is 4.79 Å². The molecule has 0 bridgehead atoms. The first kappa shape index (κ1) is 8.53. The second kappa shape index (κ2) is 5.13. The Bertz CT molecular complexity index is 113. The average molecular weight is 157 g/mol. The Morgan fingerprint density at radius 3 is 3.00 bits per heavy atom. The van der Waals surface area contributed by atoms with Gasteiger partial charge in [0.25, 0.3) is 0 Å². The predicted molar refractivity (Wildman–Crippen MR) is 42.3 cm³/mol. The van der Waals surface area contributed by atoms with Gasteiger partial charge in [0.05, 0.1) is 0 Å². The van der Waals surface area contributed by atoms with Crippen LogP contribution in [-0.4, -0.2) is 25.7 Å². The van der Waals surface area contributed by atoms with Crippen LogP contribution in [-0.2, 0) is 9.53 Å². The van der Waals surface area contributed by atoms with Gasteiger partial charge in [-0.25, -0.2) is 0 Å². The molecule has 0 spiro atoms. The van der Waals surface area contributed by atoms with E-state index in [0.29, 0.717) is 13.0 Å². The molecular formula is C8H15NO2. The van der Waals surface area contributed by atoms with Crippen molar-refractivity contribution in [3.63, 3.8) is 0 Å². The predicted octanol–water partition coefficient (Wildman–Crippen LogP) is 0.693. The molecule has 0 unspecified atom stereocenters. The minimum Gasteiger partial charge on any atom is -0.464 e. The van der Waals surface area contributed by atoms with Crippen LogP contribution in [0.4, 0.5) is 0 Å². The van der Waals surface area contributed by atoms with E-state index < -0.39 is 0 Å². The van der Waals surface area contributed by atoms with Crippen LogP contribution in [0.1, 0.15) is 25.7 Å². The summed E-state index contributed by atoms with van der Waals surface area (Å²) in [5, 5.41) is 3.20. The molecule has 1 fully saturated rings. The zero-order valence-corrected chi connectivity index (χ0v) is 6.77. The second-order valence-corrected chi connectivity index (χ2v) is 2.78. The summed E-state index contributed by atoms with van der Waals surface area (Å²) in [7, 11) is 0. The lowest BCUT2D eigenvalue weighted by Gasteiger charge is -2.08.